The third-order valence-corrected chi connectivity index (χ3v) is 9.89. The summed E-state index contributed by atoms with van der Waals surface area (Å²) in [5.41, 5.74) is 8.92. The highest BCUT2D eigenvalue weighted by Gasteiger charge is 2.18. The Balaban J connectivity index is 0.850. The zero-order valence-corrected chi connectivity index (χ0v) is 30.1. The fraction of sp³-hybridized carbons (Fsp3) is 0.273. The van der Waals surface area contributed by atoms with E-state index in [1.165, 1.54) is 0 Å². The van der Waals surface area contributed by atoms with Gasteiger partial charge in [0.1, 0.15) is 0 Å². The van der Waals surface area contributed by atoms with Gasteiger partial charge in [0.25, 0.3) is 11.8 Å². The molecule has 52 heavy (non-hydrogen) atoms. The van der Waals surface area contributed by atoms with Crippen LogP contribution in [0, 0.1) is 13.8 Å². The van der Waals surface area contributed by atoms with Crippen molar-refractivity contribution in [2.45, 2.75) is 26.7 Å². The molecule has 0 radical (unpaired) electrons. The summed E-state index contributed by atoms with van der Waals surface area (Å²) in [5.74, 6) is -0.124. The van der Waals surface area contributed by atoms with Gasteiger partial charge in [0.05, 0.1) is 33.5 Å². The maximum atomic E-state index is 13.4. The summed E-state index contributed by atoms with van der Waals surface area (Å²) in [6.45, 7) is 11.3. The number of hydrogen-bond donors (Lipinski definition) is 2. The quantitative estimate of drug-likeness (QED) is 0.131. The van der Waals surface area contributed by atoms with E-state index in [1.54, 1.807) is 0 Å². The maximum absolute atomic E-state index is 13.4. The summed E-state index contributed by atoms with van der Waals surface area (Å²) in [6.07, 6.45) is 1.78. The molecule has 8 heteroatoms. The number of aryl methyl sites for hydroxylation is 2. The van der Waals surface area contributed by atoms with Crippen LogP contribution in [0.15, 0.2) is 109 Å². The lowest BCUT2D eigenvalue weighted by molar-refractivity contribution is 0.0936. The Morgan fingerprint density at radius 3 is 1.40 bits per heavy atom. The number of aromatic nitrogens is 2. The van der Waals surface area contributed by atoms with E-state index in [2.05, 4.69) is 58.5 Å². The van der Waals surface area contributed by atoms with E-state index in [1.807, 2.05) is 84.9 Å². The summed E-state index contributed by atoms with van der Waals surface area (Å²) < 4.78 is 0. The fourth-order valence-electron chi connectivity index (χ4n) is 7.07. The Morgan fingerprint density at radius 1 is 0.558 bits per heavy atom. The van der Waals surface area contributed by atoms with Crippen LogP contribution in [0.3, 0.4) is 0 Å². The largest absolute Gasteiger partial charge is 0.352 e. The molecule has 0 saturated carbocycles. The number of rotatable bonds is 12. The minimum absolute atomic E-state index is 0.0618. The van der Waals surface area contributed by atoms with Crippen LogP contribution in [0.4, 0.5) is 0 Å². The van der Waals surface area contributed by atoms with Gasteiger partial charge in [0.2, 0.25) is 0 Å². The van der Waals surface area contributed by atoms with Crippen LogP contribution in [0.1, 0.15) is 44.7 Å². The van der Waals surface area contributed by atoms with Crippen LogP contribution < -0.4 is 10.6 Å². The first-order chi connectivity index (χ1) is 25.4. The molecular formula is C44H46N6O2. The third kappa shape index (κ3) is 8.36. The number of pyridine rings is 2. The highest BCUT2D eigenvalue weighted by molar-refractivity contribution is 6.08. The average Bonchev–Trinajstić information content (AvgIpc) is 3.17. The first-order valence-electron chi connectivity index (χ1n) is 18.4. The molecule has 8 nitrogen and oxygen atoms in total. The van der Waals surface area contributed by atoms with Crippen molar-refractivity contribution in [3.05, 3.63) is 131 Å². The van der Waals surface area contributed by atoms with Crippen molar-refractivity contribution in [2.24, 2.45) is 0 Å². The van der Waals surface area contributed by atoms with Gasteiger partial charge in [0, 0.05) is 61.2 Å². The summed E-state index contributed by atoms with van der Waals surface area (Å²) >= 11 is 0. The van der Waals surface area contributed by atoms with Crippen LogP contribution in [-0.4, -0.2) is 83.9 Å². The second-order valence-corrected chi connectivity index (χ2v) is 13.8. The summed E-state index contributed by atoms with van der Waals surface area (Å²) in [4.78, 5) is 41.5. The number of piperazine rings is 1. The van der Waals surface area contributed by atoms with E-state index in [0.29, 0.717) is 24.2 Å². The first kappa shape index (κ1) is 35.0. The normalized spacial score (nSPS) is 13.7. The van der Waals surface area contributed by atoms with Crippen molar-refractivity contribution in [3.8, 4) is 22.5 Å². The van der Waals surface area contributed by atoms with Crippen molar-refractivity contribution in [2.75, 3.05) is 52.4 Å². The average molecular weight is 691 g/mol. The number of benzene rings is 4. The van der Waals surface area contributed by atoms with Crippen molar-refractivity contribution in [3.63, 3.8) is 0 Å². The number of amides is 2. The molecule has 6 aromatic rings. The van der Waals surface area contributed by atoms with E-state index in [9.17, 15) is 9.59 Å². The number of nitrogens with one attached hydrogen (secondary N) is 2. The van der Waals surface area contributed by atoms with Gasteiger partial charge in [-0.05, 0) is 76.2 Å². The Bertz CT molecular complexity index is 2050. The molecule has 1 saturated heterocycles. The maximum Gasteiger partial charge on any atom is 0.252 e. The zero-order chi connectivity index (χ0) is 35.9. The van der Waals surface area contributed by atoms with Gasteiger partial charge in [-0.1, -0.05) is 83.9 Å². The van der Waals surface area contributed by atoms with Gasteiger partial charge in [-0.2, -0.15) is 0 Å². The molecule has 0 aliphatic carbocycles. The molecule has 7 rings (SSSR count). The number of nitrogens with zero attached hydrogens (tertiary/aromatic N) is 4. The Hall–Kier alpha value is -5.44. The monoisotopic (exact) mass is 690 g/mol. The van der Waals surface area contributed by atoms with Crippen LogP contribution >= 0.6 is 0 Å². The number of para-hydroxylation sites is 2. The van der Waals surface area contributed by atoms with Gasteiger partial charge in [-0.25, -0.2) is 9.97 Å². The molecule has 0 spiro atoms. The predicted octanol–water partition coefficient (Wildman–Crippen LogP) is 7.29. The highest BCUT2D eigenvalue weighted by atomic mass is 16.2. The van der Waals surface area contributed by atoms with Crippen molar-refractivity contribution in [1.82, 2.24) is 30.4 Å². The van der Waals surface area contributed by atoms with Crippen LogP contribution in [0.2, 0.25) is 0 Å². The molecule has 264 valence electrons. The summed E-state index contributed by atoms with van der Waals surface area (Å²) in [5, 5.41) is 8.06. The van der Waals surface area contributed by atoms with Gasteiger partial charge in [0.15, 0.2) is 0 Å². The highest BCUT2D eigenvalue weighted by Crippen LogP contribution is 2.27. The topological polar surface area (TPSA) is 90.5 Å². The molecule has 0 atom stereocenters. The van der Waals surface area contributed by atoms with Gasteiger partial charge in [-0.3, -0.25) is 9.59 Å². The number of fused-ring (bicyclic) bond motifs is 2. The molecule has 1 aliphatic rings. The van der Waals surface area contributed by atoms with Crippen LogP contribution in [0.5, 0.6) is 0 Å². The number of carbonyl (C=O) groups excluding carboxylic acids is 2. The van der Waals surface area contributed by atoms with E-state index in [-0.39, 0.29) is 11.8 Å². The van der Waals surface area contributed by atoms with Crippen LogP contribution in [0.25, 0.3) is 44.3 Å². The van der Waals surface area contributed by atoms with Crippen molar-refractivity contribution < 1.29 is 9.59 Å². The lowest BCUT2D eigenvalue weighted by Gasteiger charge is -2.34. The SMILES string of the molecule is Cc1cccc(-c2cc(C(=O)NCCCN3CCN(CCCNC(=O)c4cc(-c5cccc(C)c5)nc5ccccc45)CC3)c3ccccc3n2)c1. The van der Waals surface area contributed by atoms with Crippen molar-refractivity contribution >= 4 is 33.6 Å². The van der Waals surface area contributed by atoms with Gasteiger partial charge in [-0.15, -0.1) is 0 Å². The fourth-order valence-corrected chi connectivity index (χ4v) is 7.07. The van der Waals surface area contributed by atoms with E-state index >= 15 is 0 Å². The molecule has 0 unspecified atom stereocenters. The Morgan fingerprint density at radius 2 is 0.981 bits per heavy atom. The lowest BCUT2D eigenvalue weighted by atomic mass is 10.0. The molecule has 3 heterocycles. The third-order valence-electron chi connectivity index (χ3n) is 9.89. The van der Waals surface area contributed by atoms with Gasteiger partial charge >= 0.3 is 0 Å². The predicted molar refractivity (Wildman–Crippen MR) is 211 cm³/mol. The Kier molecular flexibility index (Phi) is 10.9. The van der Waals surface area contributed by atoms with E-state index in [0.717, 1.165) is 108 Å². The summed E-state index contributed by atoms with van der Waals surface area (Å²) in [7, 11) is 0. The first-order valence-corrected chi connectivity index (χ1v) is 18.4. The standard InChI is InChI=1S/C44H46N6O2/c1-31-11-7-13-33(27-31)41-29-37(35-15-3-5-17-39(35)47-41)43(51)45-19-9-21-49-23-25-50(26-24-49)22-10-20-46-44(52)38-30-42(34-14-8-12-32(2)28-34)48-40-18-6-4-16-36(38)40/h3-8,11-18,27-30H,9-10,19-26H2,1-2H3,(H,45,51)(H,46,52). The lowest BCUT2D eigenvalue weighted by Crippen LogP contribution is -2.47. The van der Waals surface area contributed by atoms with Crippen molar-refractivity contribution in [1.29, 1.82) is 0 Å². The second kappa shape index (κ2) is 16.3. The molecule has 2 amide bonds. The Labute approximate surface area is 305 Å². The number of hydrogen-bond acceptors (Lipinski definition) is 6. The molecule has 0 bridgehead atoms. The zero-order valence-electron chi connectivity index (χ0n) is 30.1. The van der Waals surface area contributed by atoms with Gasteiger partial charge < -0.3 is 20.4 Å². The smallest absolute Gasteiger partial charge is 0.252 e. The molecular weight excluding hydrogens is 645 g/mol. The molecule has 1 fully saturated rings. The molecule has 2 aromatic heterocycles. The second-order valence-electron chi connectivity index (χ2n) is 13.8. The minimum Gasteiger partial charge on any atom is -0.352 e. The molecule has 4 aromatic carbocycles. The number of carbonyl (C=O) groups is 2. The molecule has 1 aliphatic heterocycles. The van der Waals surface area contributed by atoms with Crippen LogP contribution in [-0.2, 0) is 0 Å². The van der Waals surface area contributed by atoms with E-state index in [4.69, 9.17) is 9.97 Å². The van der Waals surface area contributed by atoms with E-state index < -0.39 is 0 Å². The summed E-state index contributed by atoms with van der Waals surface area (Å²) in [6, 6.07) is 36.0. The molecule has 2 N–H and O–H groups in total. The minimum atomic E-state index is -0.0618.